The number of carbonyl (C=O) groups excluding carboxylic acids is 1. The second-order valence-electron chi connectivity index (χ2n) is 6.42. The highest BCUT2D eigenvalue weighted by Gasteiger charge is 2.16. The van der Waals surface area contributed by atoms with Crippen LogP contribution in [0.2, 0.25) is 0 Å². The molecule has 0 atom stereocenters. The first-order valence-electron chi connectivity index (χ1n) is 8.67. The van der Waals surface area contributed by atoms with Gasteiger partial charge in [0.2, 0.25) is 0 Å². The van der Waals surface area contributed by atoms with E-state index in [9.17, 15) is 9.59 Å². The number of aromatic nitrogens is 4. The molecule has 0 aliphatic heterocycles. The summed E-state index contributed by atoms with van der Waals surface area (Å²) < 4.78 is 4.31. The summed E-state index contributed by atoms with van der Waals surface area (Å²) in [6.07, 6.45) is 2.91. The van der Waals surface area contributed by atoms with Crippen molar-refractivity contribution >= 4 is 33.5 Å². The predicted octanol–water partition coefficient (Wildman–Crippen LogP) is 3.23. The molecule has 2 N–H and O–H groups in total. The predicted molar refractivity (Wildman–Crippen MR) is 107 cm³/mol. The van der Waals surface area contributed by atoms with Gasteiger partial charge in [-0.3, -0.25) is 19.0 Å². The maximum Gasteiger partial charge on any atom is 0.305 e. The zero-order valence-corrected chi connectivity index (χ0v) is 17.1. The van der Waals surface area contributed by atoms with E-state index in [0.717, 1.165) is 21.4 Å². The molecule has 1 amide bonds. The number of amides is 1. The lowest BCUT2D eigenvalue weighted by atomic mass is 10.2. The molecule has 0 aliphatic carbocycles. The van der Waals surface area contributed by atoms with Gasteiger partial charge in [-0.05, 0) is 31.5 Å². The molecule has 3 rings (SSSR count). The van der Waals surface area contributed by atoms with Crippen molar-refractivity contribution in [3.05, 3.63) is 63.6 Å². The zero-order chi connectivity index (χ0) is 20.3. The van der Waals surface area contributed by atoms with Crippen LogP contribution in [0.1, 0.15) is 33.7 Å². The number of carboxylic acid groups (broad SMARTS) is 1. The van der Waals surface area contributed by atoms with E-state index in [0.29, 0.717) is 17.8 Å². The first kappa shape index (κ1) is 19.8. The number of carboxylic acids is 1. The molecule has 0 aliphatic rings. The van der Waals surface area contributed by atoms with E-state index >= 15 is 0 Å². The molecule has 1 aromatic carbocycles. The number of hydrogen-bond donors (Lipinski definition) is 2. The van der Waals surface area contributed by atoms with Crippen LogP contribution >= 0.6 is 15.9 Å². The molecular weight excluding hydrogens is 426 g/mol. The SMILES string of the molecule is Cc1nn(Cc2ccc(Br)cc2)c(C)c1NC(=O)c1cnn(CCC(=O)O)c1. The van der Waals surface area contributed by atoms with Crippen LogP contribution < -0.4 is 5.32 Å². The van der Waals surface area contributed by atoms with Crippen molar-refractivity contribution in [3.63, 3.8) is 0 Å². The molecule has 28 heavy (non-hydrogen) atoms. The average Bonchev–Trinajstić information content (AvgIpc) is 3.22. The Morgan fingerprint density at radius 1 is 1.21 bits per heavy atom. The highest BCUT2D eigenvalue weighted by Crippen LogP contribution is 2.22. The van der Waals surface area contributed by atoms with E-state index in [4.69, 9.17) is 5.11 Å². The fourth-order valence-electron chi connectivity index (χ4n) is 2.79. The number of halogens is 1. The molecule has 8 nitrogen and oxygen atoms in total. The van der Waals surface area contributed by atoms with E-state index < -0.39 is 5.97 Å². The third-order valence-corrected chi connectivity index (χ3v) is 4.84. The lowest BCUT2D eigenvalue weighted by Crippen LogP contribution is -2.13. The molecule has 2 aromatic heterocycles. The van der Waals surface area contributed by atoms with Crippen LogP contribution in [0.3, 0.4) is 0 Å². The third-order valence-electron chi connectivity index (χ3n) is 4.32. The Morgan fingerprint density at radius 3 is 2.61 bits per heavy atom. The molecule has 0 bridgehead atoms. The molecule has 9 heteroatoms. The van der Waals surface area contributed by atoms with Gasteiger partial charge in [0.25, 0.3) is 5.91 Å². The lowest BCUT2D eigenvalue weighted by molar-refractivity contribution is -0.137. The summed E-state index contributed by atoms with van der Waals surface area (Å²) in [6, 6.07) is 7.99. The van der Waals surface area contributed by atoms with Crippen LogP contribution in [-0.2, 0) is 17.9 Å². The normalized spacial score (nSPS) is 10.8. The van der Waals surface area contributed by atoms with Crippen LogP contribution in [0.15, 0.2) is 41.1 Å². The van der Waals surface area contributed by atoms with Gasteiger partial charge in [0.1, 0.15) is 0 Å². The van der Waals surface area contributed by atoms with Gasteiger partial charge < -0.3 is 10.4 Å². The molecule has 0 radical (unpaired) electrons. The van der Waals surface area contributed by atoms with Crippen molar-refractivity contribution in [1.82, 2.24) is 19.6 Å². The smallest absolute Gasteiger partial charge is 0.305 e. The quantitative estimate of drug-likeness (QED) is 0.580. The molecule has 0 saturated heterocycles. The average molecular weight is 446 g/mol. The Morgan fingerprint density at radius 2 is 1.93 bits per heavy atom. The van der Waals surface area contributed by atoms with Crippen molar-refractivity contribution in [2.24, 2.45) is 0 Å². The summed E-state index contributed by atoms with van der Waals surface area (Å²) in [6.45, 7) is 4.57. The Labute approximate surface area is 170 Å². The number of carbonyl (C=O) groups is 2. The number of aliphatic carboxylic acids is 1. The van der Waals surface area contributed by atoms with Crippen molar-refractivity contribution in [3.8, 4) is 0 Å². The molecule has 0 spiro atoms. The van der Waals surface area contributed by atoms with Gasteiger partial charge in [-0.15, -0.1) is 0 Å². The van der Waals surface area contributed by atoms with Crippen molar-refractivity contribution < 1.29 is 14.7 Å². The summed E-state index contributed by atoms with van der Waals surface area (Å²) in [5.41, 5.74) is 3.71. The first-order valence-corrected chi connectivity index (χ1v) is 9.47. The van der Waals surface area contributed by atoms with E-state index in [-0.39, 0.29) is 18.9 Å². The highest BCUT2D eigenvalue weighted by atomic mass is 79.9. The van der Waals surface area contributed by atoms with Crippen LogP contribution in [0.5, 0.6) is 0 Å². The van der Waals surface area contributed by atoms with Crippen molar-refractivity contribution in [2.45, 2.75) is 33.4 Å². The largest absolute Gasteiger partial charge is 0.481 e. The Bertz CT molecular complexity index is 1010. The fourth-order valence-corrected chi connectivity index (χ4v) is 3.06. The fraction of sp³-hybridized carbons (Fsp3) is 0.263. The van der Waals surface area contributed by atoms with Gasteiger partial charge in [-0.25, -0.2) is 0 Å². The number of nitrogens with one attached hydrogen (secondary N) is 1. The highest BCUT2D eigenvalue weighted by molar-refractivity contribution is 9.10. The van der Waals surface area contributed by atoms with E-state index in [1.807, 2.05) is 42.8 Å². The molecule has 0 fully saturated rings. The Hall–Kier alpha value is -2.94. The topological polar surface area (TPSA) is 102 Å². The van der Waals surface area contributed by atoms with Crippen LogP contribution in [0.4, 0.5) is 5.69 Å². The van der Waals surface area contributed by atoms with Crippen molar-refractivity contribution in [1.29, 1.82) is 0 Å². The van der Waals surface area contributed by atoms with Crippen molar-refractivity contribution in [2.75, 3.05) is 5.32 Å². The second-order valence-corrected chi connectivity index (χ2v) is 7.34. The molecular formula is C19H20BrN5O3. The van der Waals surface area contributed by atoms with Gasteiger partial charge in [-0.2, -0.15) is 10.2 Å². The molecule has 3 aromatic rings. The van der Waals surface area contributed by atoms with E-state index in [1.54, 1.807) is 0 Å². The minimum absolute atomic E-state index is 0.0518. The molecule has 0 saturated carbocycles. The number of benzene rings is 1. The minimum Gasteiger partial charge on any atom is -0.481 e. The first-order chi connectivity index (χ1) is 13.3. The van der Waals surface area contributed by atoms with Gasteiger partial charge in [0.05, 0.1) is 48.3 Å². The van der Waals surface area contributed by atoms with Crippen LogP contribution in [0.25, 0.3) is 0 Å². The monoisotopic (exact) mass is 445 g/mol. The minimum atomic E-state index is -0.911. The summed E-state index contributed by atoms with van der Waals surface area (Å²) >= 11 is 3.42. The van der Waals surface area contributed by atoms with Gasteiger partial charge in [0.15, 0.2) is 0 Å². The summed E-state index contributed by atoms with van der Waals surface area (Å²) in [5.74, 6) is -1.22. The third kappa shape index (κ3) is 4.66. The van der Waals surface area contributed by atoms with Crippen LogP contribution in [-0.4, -0.2) is 36.5 Å². The van der Waals surface area contributed by atoms with E-state index in [2.05, 4.69) is 31.4 Å². The maximum absolute atomic E-state index is 12.6. The Balaban J connectivity index is 1.72. The van der Waals surface area contributed by atoms with Crippen LogP contribution in [0, 0.1) is 13.8 Å². The van der Waals surface area contributed by atoms with E-state index in [1.165, 1.54) is 17.1 Å². The molecule has 146 valence electrons. The summed E-state index contributed by atoms with van der Waals surface area (Å²) in [4.78, 5) is 23.2. The standard InChI is InChI=1S/C19H20BrN5O3/c1-12-18(13(2)25(23-12)10-14-3-5-16(20)6-4-14)22-19(28)15-9-21-24(11-15)8-7-17(26)27/h3-6,9,11H,7-8,10H2,1-2H3,(H,22,28)(H,26,27). The van der Waals surface area contributed by atoms with Gasteiger partial charge >= 0.3 is 5.97 Å². The maximum atomic E-state index is 12.6. The molecule has 2 heterocycles. The number of aryl methyl sites for hydroxylation is 2. The number of rotatable bonds is 7. The summed E-state index contributed by atoms with van der Waals surface area (Å²) in [7, 11) is 0. The molecule has 0 unspecified atom stereocenters. The lowest BCUT2D eigenvalue weighted by Gasteiger charge is -2.07. The second kappa shape index (κ2) is 8.39. The number of nitrogens with zero attached hydrogens (tertiary/aromatic N) is 4. The Kier molecular flexibility index (Phi) is 5.93. The zero-order valence-electron chi connectivity index (χ0n) is 15.5. The summed E-state index contributed by atoms with van der Waals surface area (Å²) in [5, 5.41) is 20.2. The number of anilines is 1. The number of hydrogen-bond acceptors (Lipinski definition) is 4. The van der Waals surface area contributed by atoms with Gasteiger partial charge in [-0.1, -0.05) is 28.1 Å². The van der Waals surface area contributed by atoms with Gasteiger partial charge in [0, 0.05) is 10.7 Å².